The number of nitrogens with zero attached hydrogens (tertiary/aromatic N) is 2. The number of hydrogen-bond donors (Lipinski definition) is 1. The van der Waals surface area contributed by atoms with Gasteiger partial charge in [-0.15, -0.1) is 22.7 Å². The highest BCUT2D eigenvalue weighted by atomic mass is 32.1. The molecule has 208 valence electrons. The molecule has 9 nitrogen and oxygen atoms in total. The van der Waals surface area contributed by atoms with E-state index in [-0.39, 0.29) is 35.6 Å². The first-order valence-electron chi connectivity index (χ1n) is 12.7. The molecule has 0 bridgehead atoms. The van der Waals surface area contributed by atoms with E-state index in [2.05, 4.69) is 10.3 Å². The number of anilines is 1. The number of amides is 1. The van der Waals surface area contributed by atoms with Crippen LogP contribution in [0.15, 0.2) is 77.9 Å². The minimum Gasteiger partial charge on any atom is -0.462 e. The van der Waals surface area contributed by atoms with Crippen LogP contribution in [0.2, 0.25) is 0 Å². The molecule has 1 amide bonds. The summed E-state index contributed by atoms with van der Waals surface area (Å²) in [5, 5.41) is 3.33. The van der Waals surface area contributed by atoms with E-state index in [1.54, 1.807) is 19.9 Å². The summed E-state index contributed by atoms with van der Waals surface area (Å²) in [6.45, 7) is 3.32. The lowest BCUT2D eigenvalue weighted by Crippen LogP contribution is -2.28. The normalized spacial score (nSPS) is 10.9. The molecule has 0 fully saturated rings. The lowest BCUT2D eigenvalue weighted by molar-refractivity contribution is -0.116. The van der Waals surface area contributed by atoms with E-state index < -0.39 is 23.4 Å². The average molecular weight is 588 g/mol. The molecule has 2 aromatic carbocycles. The Labute approximate surface area is 243 Å². The van der Waals surface area contributed by atoms with Crippen LogP contribution >= 0.6 is 22.7 Å². The smallest absolute Gasteiger partial charge is 0.349 e. The van der Waals surface area contributed by atoms with E-state index in [9.17, 15) is 19.2 Å². The van der Waals surface area contributed by atoms with E-state index in [1.165, 1.54) is 22.2 Å². The molecule has 0 saturated heterocycles. The van der Waals surface area contributed by atoms with Crippen molar-refractivity contribution in [1.29, 1.82) is 0 Å². The maximum absolute atomic E-state index is 13.3. The average Bonchev–Trinajstić information content (AvgIpc) is 3.56. The van der Waals surface area contributed by atoms with Gasteiger partial charge in [0.25, 0.3) is 5.56 Å². The van der Waals surface area contributed by atoms with Gasteiger partial charge in [0.05, 0.1) is 23.9 Å². The molecule has 5 rings (SSSR count). The molecular formula is C30H25N3O6S2. The quantitative estimate of drug-likeness (QED) is 0.221. The predicted molar refractivity (Wildman–Crippen MR) is 159 cm³/mol. The molecule has 0 aliphatic carbocycles. The fraction of sp³-hybridized carbons (Fsp3) is 0.167. The second-order valence-electron chi connectivity index (χ2n) is 8.96. The van der Waals surface area contributed by atoms with Crippen LogP contribution < -0.4 is 10.9 Å². The first-order valence-corrected chi connectivity index (χ1v) is 14.3. The Morgan fingerprint density at radius 1 is 0.951 bits per heavy atom. The van der Waals surface area contributed by atoms with E-state index in [4.69, 9.17) is 9.47 Å². The molecule has 0 radical (unpaired) electrons. The Hall–Kier alpha value is -4.61. The summed E-state index contributed by atoms with van der Waals surface area (Å²) in [6, 6.07) is 20.4. The van der Waals surface area contributed by atoms with Crippen LogP contribution in [-0.4, -0.2) is 34.0 Å². The van der Waals surface area contributed by atoms with Crippen molar-refractivity contribution < 1.29 is 23.9 Å². The van der Waals surface area contributed by atoms with Crippen molar-refractivity contribution in [3.8, 4) is 10.4 Å². The van der Waals surface area contributed by atoms with Crippen molar-refractivity contribution in [3.63, 3.8) is 0 Å². The molecular weight excluding hydrogens is 562 g/mol. The number of aromatic nitrogens is 2. The van der Waals surface area contributed by atoms with Gasteiger partial charge in [-0.3, -0.25) is 14.2 Å². The van der Waals surface area contributed by atoms with Crippen LogP contribution in [0.25, 0.3) is 20.7 Å². The molecule has 0 aliphatic heterocycles. The van der Waals surface area contributed by atoms with Gasteiger partial charge in [-0.2, -0.15) is 0 Å². The summed E-state index contributed by atoms with van der Waals surface area (Å²) in [6.07, 6.45) is 1.27. The lowest BCUT2D eigenvalue weighted by atomic mass is 10.1. The fourth-order valence-corrected chi connectivity index (χ4v) is 6.27. The van der Waals surface area contributed by atoms with Crippen LogP contribution in [-0.2, 0) is 27.4 Å². The van der Waals surface area contributed by atoms with Gasteiger partial charge in [0, 0.05) is 4.88 Å². The Balaban J connectivity index is 1.36. The number of fused-ring (bicyclic) bond motifs is 1. The zero-order valence-corrected chi connectivity index (χ0v) is 23.8. The minimum atomic E-state index is -0.554. The monoisotopic (exact) mass is 587 g/mol. The highest BCUT2D eigenvalue weighted by Gasteiger charge is 2.23. The predicted octanol–water partition coefficient (Wildman–Crippen LogP) is 5.67. The Kier molecular flexibility index (Phi) is 8.37. The zero-order valence-electron chi connectivity index (χ0n) is 22.2. The molecule has 0 spiro atoms. The summed E-state index contributed by atoms with van der Waals surface area (Å²) in [4.78, 5) is 57.5. The van der Waals surface area contributed by atoms with Crippen LogP contribution in [0.5, 0.6) is 0 Å². The van der Waals surface area contributed by atoms with Gasteiger partial charge in [0.1, 0.15) is 27.9 Å². The SMILES string of the molecule is CCOC(=O)c1cc(-c2ccccc2)sc1NC(=O)Cn1cnc2sc(C(=O)OCc3ccccc3)c(C)c2c1=O. The fourth-order valence-electron chi connectivity index (χ4n) is 4.17. The number of hydrogen-bond acceptors (Lipinski definition) is 9. The van der Waals surface area contributed by atoms with Crippen LogP contribution in [0.1, 0.15) is 38.1 Å². The Morgan fingerprint density at radius 2 is 1.66 bits per heavy atom. The van der Waals surface area contributed by atoms with Crippen molar-refractivity contribution in [2.75, 3.05) is 11.9 Å². The van der Waals surface area contributed by atoms with E-state index in [1.807, 2.05) is 60.7 Å². The number of carbonyl (C=O) groups excluding carboxylic acids is 3. The summed E-state index contributed by atoms with van der Waals surface area (Å²) in [5.41, 5.74) is 1.96. The van der Waals surface area contributed by atoms with E-state index >= 15 is 0 Å². The molecule has 11 heteroatoms. The Bertz CT molecular complexity index is 1790. The van der Waals surface area contributed by atoms with E-state index in [0.717, 1.165) is 27.3 Å². The number of ether oxygens (including phenoxy) is 2. The molecule has 5 aromatic rings. The van der Waals surface area contributed by atoms with Gasteiger partial charge >= 0.3 is 11.9 Å². The second-order valence-corrected chi connectivity index (χ2v) is 11.0. The first-order chi connectivity index (χ1) is 19.9. The minimum absolute atomic E-state index is 0.105. The van der Waals surface area contributed by atoms with Crippen LogP contribution in [0, 0.1) is 6.92 Å². The Morgan fingerprint density at radius 3 is 2.37 bits per heavy atom. The van der Waals surface area contributed by atoms with E-state index in [0.29, 0.717) is 15.4 Å². The maximum atomic E-state index is 13.3. The number of aryl methyl sites for hydroxylation is 1. The van der Waals surface area contributed by atoms with Gasteiger partial charge in [-0.25, -0.2) is 14.6 Å². The van der Waals surface area contributed by atoms with Crippen LogP contribution in [0.4, 0.5) is 5.00 Å². The van der Waals surface area contributed by atoms with Crippen molar-refractivity contribution in [3.05, 3.63) is 105 Å². The van der Waals surface area contributed by atoms with Crippen molar-refractivity contribution in [2.24, 2.45) is 0 Å². The third kappa shape index (κ3) is 6.11. The molecule has 1 N–H and O–H groups in total. The molecule has 0 unspecified atom stereocenters. The molecule has 41 heavy (non-hydrogen) atoms. The number of esters is 2. The van der Waals surface area contributed by atoms with Gasteiger partial charge in [0.15, 0.2) is 0 Å². The van der Waals surface area contributed by atoms with Gasteiger partial charge in [-0.1, -0.05) is 60.7 Å². The van der Waals surface area contributed by atoms with Crippen molar-refractivity contribution in [1.82, 2.24) is 9.55 Å². The standard InChI is InChI=1S/C30H25N3O6S2/c1-3-38-29(36)21-14-22(20-12-8-5-9-13-20)40-26(21)32-23(34)15-33-17-31-27-24(28(33)35)18(2)25(41-27)30(37)39-16-19-10-6-4-7-11-19/h4-14,17H,3,15-16H2,1-2H3,(H,32,34). The summed E-state index contributed by atoms with van der Waals surface area (Å²) >= 11 is 2.31. The van der Waals surface area contributed by atoms with Gasteiger partial charge in [-0.05, 0) is 36.6 Å². The summed E-state index contributed by atoms with van der Waals surface area (Å²) in [5.74, 6) is -1.62. The van der Waals surface area contributed by atoms with Crippen molar-refractivity contribution >= 4 is 55.7 Å². The highest BCUT2D eigenvalue weighted by Crippen LogP contribution is 2.36. The molecule has 0 saturated carbocycles. The largest absolute Gasteiger partial charge is 0.462 e. The number of benzene rings is 2. The number of thiophene rings is 2. The third-order valence-corrected chi connectivity index (χ3v) is 8.45. The molecule has 0 aliphatic rings. The molecule has 0 atom stereocenters. The van der Waals surface area contributed by atoms with Crippen molar-refractivity contribution in [2.45, 2.75) is 27.0 Å². The summed E-state index contributed by atoms with van der Waals surface area (Å²) in [7, 11) is 0. The first kappa shape index (κ1) is 27.9. The highest BCUT2D eigenvalue weighted by molar-refractivity contribution is 7.20. The number of rotatable bonds is 9. The second kappa shape index (κ2) is 12.3. The number of nitrogens with one attached hydrogen (secondary N) is 1. The van der Waals surface area contributed by atoms with Gasteiger partial charge in [0.2, 0.25) is 5.91 Å². The third-order valence-electron chi connectivity index (χ3n) is 6.17. The molecule has 3 heterocycles. The van der Waals surface area contributed by atoms with Gasteiger partial charge < -0.3 is 14.8 Å². The maximum Gasteiger partial charge on any atom is 0.349 e. The number of carbonyl (C=O) groups is 3. The van der Waals surface area contributed by atoms with Crippen LogP contribution in [0.3, 0.4) is 0 Å². The molecule has 3 aromatic heterocycles. The topological polar surface area (TPSA) is 117 Å². The zero-order chi connectivity index (χ0) is 28.9. The lowest BCUT2D eigenvalue weighted by Gasteiger charge is -2.08. The summed E-state index contributed by atoms with van der Waals surface area (Å²) < 4.78 is 11.8.